The van der Waals surface area contributed by atoms with E-state index in [-0.39, 0.29) is 6.42 Å². The predicted octanol–water partition coefficient (Wildman–Crippen LogP) is 2.22. The van der Waals surface area contributed by atoms with Crippen molar-refractivity contribution in [1.82, 2.24) is 4.98 Å². The number of carboxylic acids is 1. The van der Waals surface area contributed by atoms with Gasteiger partial charge >= 0.3 is 5.97 Å². The SMILES string of the molecule is C=C/C(=C\C)COc1cccnc1CC(=O)O. The molecule has 0 saturated heterocycles. The van der Waals surface area contributed by atoms with Gasteiger partial charge in [0.05, 0.1) is 12.1 Å². The van der Waals surface area contributed by atoms with E-state index in [0.29, 0.717) is 18.1 Å². The van der Waals surface area contributed by atoms with Crippen molar-refractivity contribution in [3.63, 3.8) is 0 Å². The first kappa shape index (κ1) is 13.0. The van der Waals surface area contributed by atoms with E-state index >= 15 is 0 Å². The molecule has 1 aromatic rings. The van der Waals surface area contributed by atoms with Crippen LogP contribution in [0.25, 0.3) is 0 Å². The van der Waals surface area contributed by atoms with Gasteiger partial charge in [0.1, 0.15) is 12.4 Å². The topological polar surface area (TPSA) is 59.4 Å². The molecule has 0 saturated carbocycles. The van der Waals surface area contributed by atoms with E-state index < -0.39 is 5.97 Å². The van der Waals surface area contributed by atoms with Crippen LogP contribution < -0.4 is 4.74 Å². The Balaban J connectivity index is 2.76. The highest BCUT2D eigenvalue weighted by atomic mass is 16.5. The molecule has 1 heterocycles. The van der Waals surface area contributed by atoms with E-state index in [9.17, 15) is 4.79 Å². The molecule has 0 unspecified atom stereocenters. The van der Waals surface area contributed by atoms with Gasteiger partial charge in [-0.25, -0.2) is 0 Å². The summed E-state index contributed by atoms with van der Waals surface area (Å²) in [5.74, 6) is -0.431. The normalized spacial score (nSPS) is 11.0. The van der Waals surface area contributed by atoms with Crippen LogP contribution in [0.1, 0.15) is 12.6 Å². The summed E-state index contributed by atoms with van der Waals surface area (Å²) in [5.41, 5.74) is 1.37. The van der Waals surface area contributed by atoms with Crippen LogP contribution in [0.15, 0.2) is 42.6 Å². The number of ether oxygens (including phenoxy) is 1. The van der Waals surface area contributed by atoms with Crippen molar-refractivity contribution < 1.29 is 14.6 Å². The van der Waals surface area contributed by atoms with Crippen molar-refractivity contribution in [2.75, 3.05) is 6.61 Å². The summed E-state index contributed by atoms with van der Waals surface area (Å²) >= 11 is 0. The number of rotatable bonds is 6. The van der Waals surface area contributed by atoms with Crippen LogP contribution in [-0.4, -0.2) is 22.7 Å². The number of nitrogens with zero attached hydrogens (tertiary/aromatic N) is 1. The van der Waals surface area contributed by atoms with Gasteiger partial charge in [-0.3, -0.25) is 9.78 Å². The number of pyridine rings is 1. The van der Waals surface area contributed by atoms with Crippen LogP contribution in [0.5, 0.6) is 5.75 Å². The molecule has 0 spiro atoms. The lowest BCUT2D eigenvalue weighted by molar-refractivity contribution is -0.136. The Morgan fingerprint density at radius 3 is 3.00 bits per heavy atom. The zero-order chi connectivity index (χ0) is 12.7. The number of aromatic nitrogens is 1. The molecule has 1 aromatic heterocycles. The lowest BCUT2D eigenvalue weighted by Crippen LogP contribution is -2.07. The van der Waals surface area contributed by atoms with Crippen molar-refractivity contribution in [3.05, 3.63) is 48.3 Å². The fourth-order valence-corrected chi connectivity index (χ4v) is 1.25. The average Bonchev–Trinajstić information content (AvgIpc) is 2.31. The number of allylic oxidation sites excluding steroid dienone is 1. The van der Waals surface area contributed by atoms with Crippen molar-refractivity contribution in [3.8, 4) is 5.75 Å². The summed E-state index contributed by atoms with van der Waals surface area (Å²) in [6, 6.07) is 3.42. The summed E-state index contributed by atoms with van der Waals surface area (Å²) in [6.07, 6.45) is 5.00. The first-order valence-corrected chi connectivity index (χ1v) is 5.23. The van der Waals surface area contributed by atoms with Crippen LogP contribution in [0, 0.1) is 0 Å². The molecule has 17 heavy (non-hydrogen) atoms. The molecule has 0 fully saturated rings. The smallest absolute Gasteiger partial charge is 0.309 e. The standard InChI is InChI=1S/C13H15NO3/c1-3-10(4-2)9-17-12-6-5-7-14-11(12)8-13(15)16/h3-7H,1,8-9H2,2H3,(H,15,16)/b10-4+. The number of carboxylic acid groups (broad SMARTS) is 1. The predicted molar refractivity (Wildman–Crippen MR) is 65.0 cm³/mol. The Kier molecular flexibility index (Phi) is 4.94. The highest BCUT2D eigenvalue weighted by molar-refractivity contribution is 5.70. The van der Waals surface area contributed by atoms with E-state index in [4.69, 9.17) is 9.84 Å². The number of hydrogen-bond acceptors (Lipinski definition) is 3. The van der Waals surface area contributed by atoms with Gasteiger partial charge in [-0.2, -0.15) is 0 Å². The Labute approximate surface area is 100 Å². The van der Waals surface area contributed by atoms with Gasteiger partial charge in [-0.1, -0.05) is 18.7 Å². The van der Waals surface area contributed by atoms with Gasteiger partial charge < -0.3 is 9.84 Å². The second-order valence-corrected chi connectivity index (χ2v) is 3.38. The van der Waals surface area contributed by atoms with E-state index in [0.717, 1.165) is 5.57 Å². The van der Waals surface area contributed by atoms with Crippen molar-refractivity contribution in [2.24, 2.45) is 0 Å². The highest BCUT2D eigenvalue weighted by Crippen LogP contribution is 2.16. The first-order chi connectivity index (χ1) is 8.17. The summed E-state index contributed by atoms with van der Waals surface area (Å²) in [5, 5.41) is 8.74. The Hall–Kier alpha value is -2.10. The molecule has 0 atom stereocenters. The fourth-order valence-electron chi connectivity index (χ4n) is 1.25. The first-order valence-electron chi connectivity index (χ1n) is 5.23. The average molecular weight is 233 g/mol. The molecule has 4 nitrogen and oxygen atoms in total. The highest BCUT2D eigenvalue weighted by Gasteiger charge is 2.08. The Morgan fingerprint density at radius 1 is 1.65 bits per heavy atom. The molecular weight excluding hydrogens is 218 g/mol. The third-order valence-corrected chi connectivity index (χ3v) is 2.19. The number of carbonyl (C=O) groups is 1. The third-order valence-electron chi connectivity index (χ3n) is 2.19. The second kappa shape index (κ2) is 6.48. The molecule has 90 valence electrons. The van der Waals surface area contributed by atoms with Crippen molar-refractivity contribution in [2.45, 2.75) is 13.3 Å². The maximum Gasteiger partial charge on any atom is 0.309 e. The quantitative estimate of drug-likeness (QED) is 0.765. The largest absolute Gasteiger partial charge is 0.487 e. The molecule has 0 aliphatic heterocycles. The van der Waals surface area contributed by atoms with Crippen LogP contribution in [0.3, 0.4) is 0 Å². The zero-order valence-electron chi connectivity index (χ0n) is 9.72. The van der Waals surface area contributed by atoms with Gasteiger partial charge in [-0.05, 0) is 24.6 Å². The fraction of sp³-hybridized carbons (Fsp3) is 0.231. The zero-order valence-corrected chi connectivity index (χ0v) is 9.72. The van der Waals surface area contributed by atoms with Gasteiger partial charge in [-0.15, -0.1) is 0 Å². The van der Waals surface area contributed by atoms with Gasteiger partial charge in [0, 0.05) is 6.20 Å². The maximum absolute atomic E-state index is 10.6. The van der Waals surface area contributed by atoms with Crippen LogP contribution >= 0.6 is 0 Å². The molecule has 0 aliphatic carbocycles. The Morgan fingerprint density at radius 2 is 2.41 bits per heavy atom. The lowest BCUT2D eigenvalue weighted by atomic mass is 10.2. The van der Waals surface area contributed by atoms with E-state index in [1.807, 2.05) is 13.0 Å². The Bertz CT molecular complexity index is 438. The molecule has 4 heteroatoms. The van der Waals surface area contributed by atoms with Crippen molar-refractivity contribution in [1.29, 1.82) is 0 Å². The summed E-state index contributed by atoms with van der Waals surface area (Å²) in [6.45, 7) is 5.91. The molecule has 0 aliphatic rings. The minimum Gasteiger partial charge on any atom is -0.487 e. The van der Waals surface area contributed by atoms with Gasteiger partial charge in [0.2, 0.25) is 0 Å². The van der Waals surface area contributed by atoms with Crippen LogP contribution in [0.4, 0.5) is 0 Å². The lowest BCUT2D eigenvalue weighted by Gasteiger charge is -2.09. The monoisotopic (exact) mass is 233 g/mol. The van der Waals surface area contributed by atoms with E-state index in [1.165, 1.54) is 0 Å². The molecule has 0 aromatic carbocycles. The van der Waals surface area contributed by atoms with Crippen LogP contribution in [-0.2, 0) is 11.2 Å². The maximum atomic E-state index is 10.6. The van der Waals surface area contributed by atoms with Crippen LogP contribution in [0.2, 0.25) is 0 Å². The summed E-state index contributed by atoms with van der Waals surface area (Å²) < 4.78 is 5.52. The molecule has 1 rings (SSSR count). The molecular formula is C13H15NO3. The number of hydrogen-bond donors (Lipinski definition) is 1. The van der Waals surface area contributed by atoms with Gasteiger partial charge in [0.15, 0.2) is 0 Å². The van der Waals surface area contributed by atoms with E-state index in [2.05, 4.69) is 11.6 Å². The summed E-state index contributed by atoms with van der Waals surface area (Å²) in [4.78, 5) is 14.6. The molecule has 0 bridgehead atoms. The number of aliphatic carboxylic acids is 1. The molecule has 0 amide bonds. The van der Waals surface area contributed by atoms with Crippen molar-refractivity contribution >= 4 is 5.97 Å². The summed E-state index contributed by atoms with van der Waals surface area (Å²) in [7, 11) is 0. The van der Waals surface area contributed by atoms with Gasteiger partial charge in [0.25, 0.3) is 0 Å². The second-order valence-electron chi connectivity index (χ2n) is 3.38. The third kappa shape index (κ3) is 4.10. The van der Waals surface area contributed by atoms with E-state index in [1.54, 1.807) is 24.4 Å². The minimum atomic E-state index is -0.927. The minimum absolute atomic E-state index is 0.143. The molecule has 1 N–H and O–H groups in total. The molecule has 0 radical (unpaired) electrons.